The molecule has 0 radical (unpaired) electrons. The molecule has 0 bridgehead atoms. The highest BCUT2D eigenvalue weighted by Gasteiger charge is 2.11. The maximum Gasteiger partial charge on any atom is 0.248 e. The molecule has 23 heavy (non-hydrogen) atoms. The predicted molar refractivity (Wildman–Crippen MR) is 96.4 cm³/mol. The monoisotopic (exact) mass is 395 g/mol. The third-order valence-electron chi connectivity index (χ3n) is 3.03. The Kier molecular flexibility index (Phi) is 6.07. The van der Waals surface area contributed by atoms with Crippen molar-refractivity contribution < 1.29 is 14.3 Å². The summed E-state index contributed by atoms with van der Waals surface area (Å²) in [5.41, 5.74) is 1.41. The summed E-state index contributed by atoms with van der Waals surface area (Å²) in [6, 6.07) is 10.6. The van der Waals surface area contributed by atoms with Crippen molar-refractivity contribution in [1.29, 1.82) is 0 Å². The Bertz CT molecular complexity index is 729. The number of hydrogen-bond acceptors (Lipinski definition) is 3. The number of methoxy groups -OCH3 is 2. The zero-order chi connectivity index (χ0) is 16.8. The van der Waals surface area contributed by atoms with Crippen LogP contribution in [0.4, 0.5) is 5.69 Å². The van der Waals surface area contributed by atoms with E-state index in [0.717, 1.165) is 10.0 Å². The van der Waals surface area contributed by atoms with Gasteiger partial charge >= 0.3 is 0 Å². The van der Waals surface area contributed by atoms with Crippen LogP contribution in [0.5, 0.6) is 11.5 Å². The molecule has 2 aromatic carbocycles. The number of amides is 1. The molecule has 0 atom stereocenters. The molecule has 0 saturated carbocycles. The topological polar surface area (TPSA) is 47.6 Å². The van der Waals surface area contributed by atoms with E-state index in [9.17, 15) is 4.79 Å². The molecule has 6 heteroatoms. The van der Waals surface area contributed by atoms with Gasteiger partial charge in [0.15, 0.2) is 0 Å². The van der Waals surface area contributed by atoms with Gasteiger partial charge in [0.05, 0.1) is 24.4 Å². The van der Waals surface area contributed by atoms with Crippen molar-refractivity contribution in [3.63, 3.8) is 0 Å². The number of halogens is 2. The van der Waals surface area contributed by atoms with Crippen LogP contribution in [0.2, 0.25) is 5.02 Å². The summed E-state index contributed by atoms with van der Waals surface area (Å²) in [6.07, 6.45) is 3.14. The van der Waals surface area contributed by atoms with Gasteiger partial charge in [0.25, 0.3) is 0 Å². The second-order valence-electron chi connectivity index (χ2n) is 4.56. The minimum absolute atomic E-state index is 0.275. The van der Waals surface area contributed by atoms with Gasteiger partial charge in [-0.3, -0.25) is 4.79 Å². The molecule has 1 amide bonds. The molecule has 2 aromatic rings. The molecule has 4 nitrogen and oxygen atoms in total. The van der Waals surface area contributed by atoms with Crippen LogP contribution >= 0.6 is 27.5 Å². The Balaban J connectivity index is 2.14. The highest BCUT2D eigenvalue weighted by Crippen LogP contribution is 2.36. The van der Waals surface area contributed by atoms with Crippen LogP contribution in [-0.4, -0.2) is 20.1 Å². The van der Waals surface area contributed by atoms with Gasteiger partial charge in [0.2, 0.25) is 5.91 Å². The minimum Gasteiger partial charge on any atom is -0.495 e. The molecule has 120 valence electrons. The van der Waals surface area contributed by atoms with Gasteiger partial charge in [0, 0.05) is 23.2 Å². The van der Waals surface area contributed by atoms with Crippen molar-refractivity contribution in [2.24, 2.45) is 0 Å². The first-order chi connectivity index (χ1) is 11.0. The molecule has 2 rings (SSSR count). The summed E-state index contributed by atoms with van der Waals surface area (Å²) in [6.45, 7) is 0. The Morgan fingerprint density at radius 1 is 1.13 bits per heavy atom. The first-order valence-electron chi connectivity index (χ1n) is 6.69. The molecular formula is C17H15BrClNO3. The van der Waals surface area contributed by atoms with Crippen molar-refractivity contribution in [3.8, 4) is 11.5 Å². The van der Waals surface area contributed by atoms with Crippen LogP contribution in [0, 0.1) is 0 Å². The number of ether oxygens (including phenoxy) is 2. The molecule has 0 unspecified atom stereocenters. The highest BCUT2D eigenvalue weighted by molar-refractivity contribution is 9.10. The Morgan fingerprint density at radius 3 is 2.39 bits per heavy atom. The lowest BCUT2D eigenvalue weighted by Gasteiger charge is -2.12. The van der Waals surface area contributed by atoms with E-state index < -0.39 is 0 Å². The Hall–Kier alpha value is -1.98. The first kappa shape index (κ1) is 17.4. The van der Waals surface area contributed by atoms with Crippen molar-refractivity contribution in [2.45, 2.75) is 0 Å². The smallest absolute Gasteiger partial charge is 0.248 e. The zero-order valence-corrected chi connectivity index (χ0v) is 14.9. The summed E-state index contributed by atoms with van der Waals surface area (Å²) in [5.74, 6) is 0.858. The lowest BCUT2D eigenvalue weighted by Crippen LogP contribution is -2.09. The van der Waals surface area contributed by atoms with Crippen LogP contribution in [-0.2, 0) is 4.79 Å². The summed E-state index contributed by atoms with van der Waals surface area (Å²) < 4.78 is 11.2. The molecule has 0 aliphatic rings. The van der Waals surface area contributed by atoms with Gasteiger partial charge in [0.1, 0.15) is 11.5 Å². The van der Waals surface area contributed by atoms with Crippen LogP contribution in [0.1, 0.15) is 5.56 Å². The van der Waals surface area contributed by atoms with Gasteiger partial charge in [-0.2, -0.15) is 0 Å². The second-order valence-corrected chi connectivity index (χ2v) is 5.85. The molecule has 0 fully saturated rings. The number of nitrogens with one attached hydrogen (secondary N) is 1. The number of carbonyl (C=O) groups is 1. The fraction of sp³-hybridized carbons (Fsp3) is 0.118. The second kappa shape index (κ2) is 8.04. The molecule has 0 heterocycles. The number of carbonyl (C=O) groups excluding carboxylic acids is 1. The van der Waals surface area contributed by atoms with E-state index in [4.69, 9.17) is 21.1 Å². The van der Waals surface area contributed by atoms with E-state index in [1.54, 1.807) is 37.5 Å². The van der Waals surface area contributed by atoms with Crippen LogP contribution in [0.25, 0.3) is 6.08 Å². The average Bonchev–Trinajstić information content (AvgIpc) is 2.55. The predicted octanol–water partition coefficient (Wildman–Crippen LogP) is 4.77. The fourth-order valence-corrected chi connectivity index (χ4v) is 2.49. The minimum atomic E-state index is -0.275. The van der Waals surface area contributed by atoms with Crippen LogP contribution in [0.3, 0.4) is 0 Å². The normalized spacial score (nSPS) is 10.6. The van der Waals surface area contributed by atoms with Gasteiger partial charge in [-0.15, -0.1) is 0 Å². The molecular weight excluding hydrogens is 382 g/mol. The molecule has 0 aliphatic carbocycles. The van der Waals surface area contributed by atoms with E-state index >= 15 is 0 Å². The maximum atomic E-state index is 12.1. The molecule has 0 spiro atoms. The lowest BCUT2D eigenvalue weighted by atomic mass is 10.2. The third kappa shape index (κ3) is 4.74. The lowest BCUT2D eigenvalue weighted by molar-refractivity contribution is -0.111. The third-order valence-corrected chi connectivity index (χ3v) is 3.90. The van der Waals surface area contributed by atoms with Gasteiger partial charge < -0.3 is 14.8 Å². The zero-order valence-electron chi connectivity index (χ0n) is 12.6. The summed E-state index contributed by atoms with van der Waals surface area (Å²) in [5, 5.41) is 3.42. The van der Waals surface area contributed by atoms with Crippen molar-refractivity contribution in [3.05, 3.63) is 57.5 Å². The summed E-state index contributed by atoms with van der Waals surface area (Å²) in [4.78, 5) is 12.1. The molecule has 1 N–H and O–H groups in total. The van der Waals surface area contributed by atoms with Crippen molar-refractivity contribution in [1.82, 2.24) is 0 Å². The van der Waals surface area contributed by atoms with Crippen molar-refractivity contribution in [2.75, 3.05) is 19.5 Å². The largest absolute Gasteiger partial charge is 0.495 e. The summed E-state index contributed by atoms with van der Waals surface area (Å²) in [7, 11) is 3.09. The number of rotatable bonds is 5. The average molecular weight is 397 g/mol. The van der Waals surface area contributed by atoms with Gasteiger partial charge in [-0.05, 0) is 39.7 Å². The van der Waals surface area contributed by atoms with Crippen molar-refractivity contribution >= 4 is 45.2 Å². The first-order valence-corrected chi connectivity index (χ1v) is 7.86. The highest BCUT2D eigenvalue weighted by atomic mass is 79.9. The maximum absolute atomic E-state index is 12.1. The molecule has 0 saturated heterocycles. The van der Waals surface area contributed by atoms with Gasteiger partial charge in [-0.1, -0.05) is 23.7 Å². The number of anilines is 1. The van der Waals surface area contributed by atoms with E-state index in [2.05, 4.69) is 21.2 Å². The molecule has 0 aliphatic heterocycles. The van der Waals surface area contributed by atoms with Gasteiger partial charge in [-0.25, -0.2) is 0 Å². The SMILES string of the molecule is COc1cc(NC(=O)/C=C/c2ccc(Cl)cc2)c(OC)cc1Br. The van der Waals surface area contributed by atoms with Crippen LogP contribution in [0.15, 0.2) is 46.9 Å². The van der Waals surface area contributed by atoms with E-state index in [-0.39, 0.29) is 5.91 Å². The molecule has 0 aromatic heterocycles. The van der Waals surface area contributed by atoms with E-state index in [0.29, 0.717) is 22.2 Å². The number of hydrogen-bond donors (Lipinski definition) is 1. The number of benzene rings is 2. The Morgan fingerprint density at radius 2 is 1.78 bits per heavy atom. The fourth-order valence-electron chi connectivity index (χ4n) is 1.88. The summed E-state index contributed by atoms with van der Waals surface area (Å²) >= 11 is 9.20. The quantitative estimate of drug-likeness (QED) is 0.741. The standard InChI is InChI=1S/C17H15BrClNO3/c1-22-15-10-14(16(23-2)9-13(15)18)20-17(21)8-5-11-3-6-12(19)7-4-11/h3-10H,1-2H3,(H,20,21)/b8-5+. The van der Waals surface area contributed by atoms with E-state index in [1.807, 2.05) is 12.1 Å². The van der Waals surface area contributed by atoms with E-state index in [1.165, 1.54) is 13.2 Å². The Labute approximate surface area is 148 Å². The van der Waals surface area contributed by atoms with Crippen LogP contribution < -0.4 is 14.8 Å².